The van der Waals surface area contributed by atoms with Gasteiger partial charge in [-0.25, -0.2) is 0 Å². The number of aliphatic imine (C=N–C) groups is 1. The fourth-order valence-corrected chi connectivity index (χ4v) is 1.62. The summed E-state index contributed by atoms with van der Waals surface area (Å²) in [6.07, 6.45) is 0. The van der Waals surface area contributed by atoms with Crippen molar-refractivity contribution >= 4 is 5.84 Å². The molecule has 1 atom stereocenters. The summed E-state index contributed by atoms with van der Waals surface area (Å²) in [7, 11) is 0. The van der Waals surface area contributed by atoms with E-state index in [1.807, 2.05) is 30.3 Å². The molecule has 1 aliphatic heterocycles. The number of rotatable bonds is 2. The van der Waals surface area contributed by atoms with Gasteiger partial charge < -0.3 is 10.4 Å². The summed E-state index contributed by atoms with van der Waals surface area (Å²) in [4.78, 5) is 4.24. The maximum absolute atomic E-state index is 10.3. The smallest absolute Gasteiger partial charge is 0.143 e. The van der Waals surface area contributed by atoms with E-state index in [1.165, 1.54) is 0 Å². The molecule has 1 aromatic carbocycles. The Morgan fingerprint density at radius 2 is 2.07 bits per heavy atom. The summed E-state index contributed by atoms with van der Waals surface area (Å²) in [6.45, 7) is 3.33. The van der Waals surface area contributed by atoms with Crippen molar-refractivity contribution < 1.29 is 5.11 Å². The van der Waals surface area contributed by atoms with E-state index in [-0.39, 0.29) is 0 Å². The first-order chi connectivity index (χ1) is 6.71. The van der Waals surface area contributed by atoms with Crippen LogP contribution in [0.15, 0.2) is 35.3 Å². The summed E-state index contributed by atoms with van der Waals surface area (Å²) in [5.41, 5.74) is -0.120. The molecule has 0 saturated carbocycles. The number of benzene rings is 1. The van der Waals surface area contributed by atoms with Crippen LogP contribution in [0.5, 0.6) is 0 Å². The molecule has 0 unspecified atom stereocenters. The second-order valence-electron chi connectivity index (χ2n) is 3.60. The topological polar surface area (TPSA) is 44.6 Å². The number of aliphatic hydroxyl groups is 1. The van der Waals surface area contributed by atoms with Crippen molar-refractivity contribution in [3.8, 4) is 0 Å². The lowest BCUT2D eigenvalue weighted by Gasteiger charge is -2.23. The Morgan fingerprint density at radius 3 is 2.64 bits per heavy atom. The molecule has 1 aromatic rings. The van der Waals surface area contributed by atoms with Gasteiger partial charge >= 0.3 is 0 Å². The van der Waals surface area contributed by atoms with E-state index >= 15 is 0 Å². The van der Waals surface area contributed by atoms with Crippen molar-refractivity contribution in [1.82, 2.24) is 5.32 Å². The van der Waals surface area contributed by atoms with Crippen LogP contribution in [-0.4, -0.2) is 24.0 Å². The minimum Gasteiger partial charge on any atom is -0.377 e. The molecule has 3 heteroatoms. The Hall–Kier alpha value is -1.35. The Bertz CT molecular complexity index is 344. The van der Waals surface area contributed by atoms with Crippen molar-refractivity contribution in [2.75, 3.05) is 13.1 Å². The minimum absolute atomic E-state index is 0.670. The first-order valence-electron chi connectivity index (χ1n) is 4.78. The molecule has 0 fully saturated rings. The zero-order valence-electron chi connectivity index (χ0n) is 8.20. The van der Waals surface area contributed by atoms with E-state index in [4.69, 9.17) is 0 Å². The van der Waals surface area contributed by atoms with Gasteiger partial charge in [-0.1, -0.05) is 30.3 Å². The maximum Gasteiger partial charge on any atom is 0.143 e. The molecule has 0 amide bonds. The van der Waals surface area contributed by atoms with Gasteiger partial charge in [-0.15, -0.1) is 0 Å². The molecular formula is C11H14N2O. The first kappa shape index (κ1) is 9.21. The standard InChI is InChI=1S/C11H14N2O/c1-11(14,10-12-7-8-13-10)9-5-3-2-4-6-9/h2-6,14H,7-8H2,1H3,(H,12,13)/t11-/m1/s1. The van der Waals surface area contributed by atoms with Crippen LogP contribution >= 0.6 is 0 Å². The lowest BCUT2D eigenvalue weighted by Crippen LogP contribution is -2.39. The molecule has 3 nitrogen and oxygen atoms in total. The summed E-state index contributed by atoms with van der Waals surface area (Å²) in [5.74, 6) is 0.670. The van der Waals surface area contributed by atoms with Crippen LogP contribution in [0.3, 0.4) is 0 Å². The first-order valence-corrected chi connectivity index (χ1v) is 4.78. The molecule has 0 spiro atoms. The van der Waals surface area contributed by atoms with Gasteiger partial charge in [0.1, 0.15) is 11.4 Å². The lowest BCUT2D eigenvalue weighted by atomic mass is 9.95. The Labute approximate surface area is 83.5 Å². The predicted molar refractivity (Wildman–Crippen MR) is 56.3 cm³/mol. The number of nitrogens with zero attached hydrogens (tertiary/aromatic N) is 1. The van der Waals surface area contributed by atoms with Crippen LogP contribution in [0.1, 0.15) is 12.5 Å². The van der Waals surface area contributed by atoms with Crippen LogP contribution in [-0.2, 0) is 5.60 Å². The van der Waals surface area contributed by atoms with Gasteiger partial charge in [0.2, 0.25) is 0 Å². The number of amidine groups is 1. The van der Waals surface area contributed by atoms with Crippen molar-refractivity contribution in [1.29, 1.82) is 0 Å². The fraction of sp³-hybridized carbons (Fsp3) is 0.364. The van der Waals surface area contributed by atoms with Crippen LogP contribution in [0.25, 0.3) is 0 Å². The highest BCUT2D eigenvalue weighted by Crippen LogP contribution is 2.22. The van der Waals surface area contributed by atoms with Gasteiger partial charge in [0.15, 0.2) is 0 Å². The molecule has 2 N–H and O–H groups in total. The summed E-state index contributed by atoms with van der Waals surface area (Å²) >= 11 is 0. The normalized spacial score (nSPS) is 19.7. The SMILES string of the molecule is C[C@](O)(C1=NCCN1)c1ccccc1. The Kier molecular flexibility index (Phi) is 2.25. The monoisotopic (exact) mass is 190 g/mol. The number of nitrogens with one attached hydrogen (secondary N) is 1. The van der Waals surface area contributed by atoms with E-state index in [0.29, 0.717) is 5.84 Å². The lowest BCUT2D eigenvalue weighted by molar-refractivity contribution is 0.130. The molecule has 0 aromatic heterocycles. The highest BCUT2D eigenvalue weighted by molar-refractivity contribution is 5.92. The molecule has 1 aliphatic rings. The summed E-state index contributed by atoms with van der Waals surface area (Å²) < 4.78 is 0. The molecule has 1 heterocycles. The van der Waals surface area contributed by atoms with E-state index in [9.17, 15) is 5.11 Å². The third kappa shape index (κ3) is 1.51. The molecule has 74 valence electrons. The van der Waals surface area contributed by atoms with Gasteiger partial charge in [-0.3, -0.25) is 4.99 Å². The third-order valence-electron chi connectivity index (χ3n) is 2.47. The minimum atomic E-state index is -0.988. The summed E-state index contributed by atoms with van der Waals surface area (Å²) in [5, 5.41) is 13.4. The van der Waals surface area contributed by atoms with Gasteiger partial charge in [0.25, 0.3) is 0 Å². The van der Waals surface area contributed by atoms with Crippen LogP contribution in [0, 0.1) is 0 Å². The highest BCUT2D eigenvalue weighted by atomic mass is 16.3. The van der Waals surface area contributed by atoms with Crippen molar-refractivity contribution in [2.24, 2.45) is 4.99 Å². The molecular weight excluding hydrogens is 176 g/mol. The second-order valence-corrected chi connectivity index (χ2v) is 3.60. The molecule has 0 radical (unpaired) electrons. The van der Waals surface area contributed by atoms with Gasteiger partial charge in [-0.2, -0.15) is 0 Å². The van der Waals surface area contributed by atoms with Crippen LogP contribution in [0.2, 0.25) is 0 Å². The van der Waals surface area contributed by atoms with Crippen molar-refractivity contribution in [3.05, 3.63) is 35.9 Å². The quantitative estimate of drug-likeness (QED) is 0.727. The van der Waals surface area contributed by atoms with Gasteiger partial charge in [0.05, 0.1) is 6.54 Å². The van der Waals surface area contributed by atoms with Gasteiger partial charge in [-0.05, 0) is 12.5 Å². The van der Waals surface area contributed by atoms with E-state index in [2.05, 4.69) is 10.3 Å². The second kappa shape index (κ2) is 3.42. The van der Waals surface area contributed by atoms with E-state index in [0.717, 1.165) is 18.7 Å². The predicted octanol–water partition coefficient (Wildman–Crippen LogP) is 0.896. The van der Waals surface area contributed by atoms with E-state index in [1.54, 1.807) is 6.92 Å². The molecule has 0 saturated heterocycles. The number of hydrogen-bond donors (Lipinski definition) is 2. The molecule has 0 bridgehead atoms. The fourth-order valence-electron chi connectivity index (χ4n) is 1.62. The highest BCUT2D eigenvalue weighted by Gasteiger charge is 2.31. The zero-order valence-corrected chi connectivity index (χ0v) is 8.20. The Morgan fingerprint density at radius 1 is 1.36 bits per heavy atom. The average Bonchev–Trinajstić information content (AvgIpc) is 2.72. The van der Waals surface area contributed by atoms with Crippen molar-refractivity contribution in [3.63, 3.8) is 0 Å². The van der Waals surface area contributed by atoms with Crippen LogP contribution < -0.4 is 5.32 Å². The average molecular weight is 190 g/mol. The molecule has 0 aliphatic carbocycles. The Balaban J connectivity index is 2.32. The maximum atomic E-state index is 10.3. The largest absolute Gasteiger partial charge is 0.377 e. The summed E-state index contributed by atoms with van der Waals surface area (Å²) in [6, 6.07) is 9.58. The van der Waals surface area contributed by atoms with Crippen LogP contribution in [0.4, 0.5) is 0 Å². The molecule has 14 heavy (non-hydrogen) atoms. The third-order valence-corrected chi connectivity index (χ3v) is 2.47. The number of hydrogen-bond acceptors (Lipinski definition) is 3. The van der Waals surface area contributed by atoms with Crippen molar-refractivity contribution in [2.45, 2.75) is 12.5 Å². The molecule has 2 rings (SSSR count). The zero-order chi connectivity index (χ0) is 10.0. The van der Waals surface area contributed by atoms with Gasteiger partial charge in [0, 0.05) is 6.54 Å². The van der Waals surface area contributed by atoms with E-state index < -0.39 is 5.60 Å².